The van der Waals surface area contributed by atoms with E-state index in [1.807, 2.05) is 24.3 Å². The highest BCUT2D eigenvalue weighted by molar-refractivity contribution is 6.32. The third kappa shape index (κ3) is 3.84. The van der Waals surface area contributed by atoms with E-state index in [4.69, 9.17) is 11.6 Å². The van der Waals surface area contributed by atoms with Crippen molar-refractivity contribution in [3.8, 4) is 16.9 Å². The predicted octanol–water partition coefficient (Wildman–Crippen LogP) is 4.81. The van der Waals surface area contributed by atoms with Gasteiger partial charge in [-0.1, -0.05) is 17.7 Å². The fourth-order valence-electron chi connectivity index (χ4n) is 3.55. The highest BCUT2D eigenvalue weighted by Gasteiger charge is 2.14. The summed E-state index contributed by atoms with van der Waals surface area (Å²) in [5, 5.41) is 17.5. The third-order valence-electron chi connectivity index (χ3n) is 5.13. The molecule has 2 aromatic carbocycles. The standard InChI is InChI=1S/C21H21ClFN3O/c22-17-10-15(11-18(23)21(17)27)14-1-2-19-16(9-14)20(5-8-25-19)26-12-13-3-6-24-7-4-13/h1-2,5,8-11,13,24,27H,3-4,6-7,12H2,(H,25,26). The van der Waals surface area contributed by atoms with E-state index in [0.29, 0.717) is 11.5 Å². The lowest BCUT2D eigenvalue weighted by molar-refractivity contribution is 0.390. The number of phenolic OH excluding ortho intramolecular Hbond substituents is 1. The zero-order valence-corrected chi connectivity index (χ0v) is 15.6. The number of piperidine rings is 1. The molecular formula is C21H21ClFN3O. The van der Waals surface area contributed by atoms with Crippen molar-refractivity contribution in [2.75, 3.05) is 25.0 Å². The number of aromatic nitrogens is 1. The first-order chi connectivity index (χ1) is 13.1. The topological polar surface area (TPSA) is 57.2 Å². The maximum absolute atomic E-state index is 13.9. The molecule has 1 saturated heterocycles. The van der Waals surface area contributed by atoms with Crippen LogP contribution in [0.4, 0.5) is 10.1 Å². The zero-order valence-electron chi connectivity index (χ0n) is 14.8. The number of rotatable bonds is 4. The Morgan fingerprint density at radius 2 is 1.96 bits per heavy atom. The van der Waals surface area contributed by atoms with Crippen molar-refractivity contribution in [1.29, 1.82) is 0 Å². The van der Waals surface area contributed by atoms with Gasteiger partial charge in [0.2, 0.25) is 0 Å². The average molecular weight is 386 g/mol. The summed E-state index contributed by atoms with van der Waals surface area (Å²) < 4.78 is 13.9. The van der Waals surface area contributed by atoms with Gasteiger partial charge in [-0.3, -0.25) is 4.98 Å². The van der Waals surface area contributed by atoms with Crippen molar-refractivity contribution in [3.63, 3.8) is 0 Å². The SMILES string of the molecule is Oc1c(F)cc(-c2ccc3nccc(NCC4CCNCC4)c3c2)cc1Cl. The number of benzene rings is 2. The van der Waals surface area contributed by atoms with Gasteiger partial charge >= 0.3 is 0 Å². The van der Waals surface area contributed by atoms with E-state index in [-0.39, 0.29) is 5.02 Å². The van der Waals surface area contributed by atoms with Crippen molar-refractivity contribution in [1.82, 2.24) is 10.3 Å². The molecule has 3 aromatic rings. The fraction of sp³-hybridized carbons (Fsp3) is 0.286. The van der Waals surface area contributed by atoms with Crippen LogP contribution in [-0.2, 0) is 0 Å². The number of halogens is 2. The molecule has 140 valence electrons. The van der Waals surface area contributed by atoms with E-state index in [9.17, 15) is 9.50 Å². The summed E-state index contributed by atoms with van der Waals surface area (Å²) in [6.07, 6.45) is 4.14. The Morgan fingerprint density at radius 3 is 2.74 bits per heavy atom. The summed E-state index contributed by atoms with van der Waals surface area (Å²) >= 11 is 5.93. The maximum atomic E-state index is 13.9. The lowest BCUT2D eigenvalue weighted by Gasteiger charge is -2.23. The first kappa shape index (κ1) is 18.0. The molecule has 1 fully saturated rings. The van der Waals surface area contributed by atoms with Crippen molar-refractivity contribution >= 4 is 28.2 Å². The minimum Gasteiger partial charge on any atom is -0.504 e. The summed E-state index contributed by atoms with van der Waals surface area (Å²) in [7, 11) is 0. The van der Waals surface area contributed by atoms with Gasteiger partial charge in [0, 0.05) is 23.8 Å². The number of aromatic hydroxyl groups is 1. The van der Waals surface area contributed by atoms with E-state index in [1.54, 1.807) is 12.3 Å². The van der Waals surface area contributed by atoms with Crippen LogP contribution in [0.2, 0.25) is 5.02 Å². The Hall–Kier alpha value is -2.37. The van der Waals surface area contributed by atoms with Crippen LogP contribution in [0, 0.1) is 11.7 Å². The summed E-state index contributed by atoms with van der Waals surface area (Å²) in [6, 6.07) is 10.6. The molecule has 3 N–H and O–H groups in total. The van der Waals surface area contributed by atoms with Gasteiger partial charge in [0.05, 0.1) is 10.5 Å². The minimum atomic E-state index is -0.729. The molecule has 0 spiro atoms. The smallest absolute Gasteiger partial charge is 0.170 e. The predicted molar refractivity (Wildman–Crippen MR) is 108 cm³/mol. The molecule has 27 heavy (non-hydrogen) atoms. The van der Waals surface area contributed by atoms with Gasteiger partial charge in [0.25, 0.3) is 0 Å². The molecule has 6 heteroatoms. The van der Waals surface area contributed by atoms with E-state index in [1.165, 1.54) is 18.9 Å². The van der Waals surface area contributed by atoms with Crippen molar-refractivity contribution in [2.45, 2.75) is 12.8 Å². The normalized spacial score (nSPS) is 15.2. The number of anilines is 1. The second-order valence-electron chi connectivity index (χ2n) is 6.95. The monoisotopic (exact) mass is 385 g/mol. The quantitative estimate of drug-likeness (QED) is 0.603. The number of nitrogens with one attached hydrogen (secondary N) is 2. The fourth-order valence-corrected chi connectivity index (χ4v) is 3.76. The molecule has 0 aliphatic carbocycles. The summed E-state index contributed by atoms with van der Waals surface area (Å²) in [5.74, 6) is -0.595. The van der Waals surface area contributed by atoms with Crippen LogP contribution in [0.5, 0.6) is 5.75 Å². The second kappa shape index (κ2) is 7.71. The molecule has 0 atom stereocenters. The lowest BCUT2D eigenvalue weighted by Crippen LogP contribution is -2.31. The third-order valence-corrected chi connectivity index (χ3v) is 5.42. The van der Waals surface area contributed by atoms with E-state index >= 15 is 0 Å². The van der Waals surface area contributed by atoms with Gasteiger partial charge in [-0.05, 0) is 73.3 Å². The molecule has 2 heterocycles. The molecule has 4 nitrogen and oxygen atoms in total. The summed E-state index contributed by atoms with van der Waals surface area (Å²) in [6.45, 7) is 3.06. The van der Waals surface area contributed by atoms with Crippen LogP contribution >= 0.6 is 11.6 Å². The Balaban J connectivity index is 1.66. The van der Waals surface area contributed by atoms with Crippen LogP contribution in [0.3, 0.4) is 0 Å². The molecule has 0 radical (unpaired) electrons. The highest BCUT2D eigenvalue weighted by atomic mass is 35.5. The summed E-state index contributed by atoms with van der Waals surface area (Å²) in [4.78, 5) is 4.43. The molecule has 1 aliphatic rings. The van der Waals surface area contributed by atoms with Crippen LogP contribution < -0.4 is 10.6 Å². The largest absolute Gasteiger partial charge is 0.504 e. The number of fused-ring (bicyclic) bond motifs is 1. The molecule has 0 bridgehead atoms. The second-order valence-corrected chi connectivity index (χ2v) is 7.36. The molecular weight excluding hydrogens is 365 g/mol. The lowest BCUT2D eigenvalue weighted by atomic mass is 9.98. The average Bonchev–Trinajstić information content (AvgIpc) is 2.70. The van der Waals surface area contributed by atoms with Crippen LogP contribution in [0.25, 0.3) is 22.0 Å². The number of hydrogen-bond donors (Lipinski definition) is 3. The van der Waals surface area contributed by atoms with Crippen molar-refractivity contribution in [2.24, 2.45) is 5.92 Å². The van der Waals surface area contributed by atoms with Gasteiger partial charge in [-0.25, -0.2) is 4.39 Å². The molecule has 1 aromatic heterocycles. The van der Waals surface area contributed by atoms with Gasteiger partial charge in [0.15, 0.2) is 11.6 Å². The van der Waals surface area contributed by atoms with Gasteiger partial charge in [-0.2, -0.15) is 0 Å². The number of pyridine rings is 1. The molecule has 0 unspecified atom stereocenters. The van der Waals surface area contributed by atoms with E-state index in [2.05, 4.69) is 15.6 Å². The Morgan fingerprint density at radius 1 is 1.15 bits per heavy atom. The van der Waals surface area contributed by atoms with E-state index in [0.717, 1.165) is 41.8 Å². The van der Waals surface area contributed by atoms with Crippen LogP contribution in [-0.4, -0.2) is 29.7 Å². The van der Waals surface area contributed by atoms with Crippen molar-refractivity contribution in [3.05, 3.63) is 53.4 Å². The first-order valence-electron chi connectivity index (χ1n) is 9.13. The Kier molecular flexibility index (Phi) is 5.14. The first-order valence-corrected chi connectivity index (χ1v) is 9.51. The molecule has 0 amide bonds. The minimum absolute atomic E-state index is 0.000500. The van der Waals surface area contributed by atoms with Gasteiger partial charge in [-0.15, -0.1) is 0 Å². The molecule has 0 saturated carbocycles. The summed E-state index contributed by atoms with van der Waals surface area (Å²) in [5.41, 5.74) is 3.33. The Bertz CT molecular complexity index is 950. The van der Waals surface area contributed by atoms with Crippen LogP contribution in [0.1, 0.15) is 12.8 Å². The molecule has 1 aliphatic heterocycles. The van der Waals surface area contributed by atoms with Crippen molar-refractivity contribution < 1.29 is 9.50 Å². The number of hydrogen-bond acceptors (Lipinski definition) is 4. The van der Waals surface area contributed by atoms with Crippen LogP contribution in [0.15, 0.2) is 42.6 Å². The number of nitrogens with zero attached hydrogens (tertiary/aromatic N) is 1. The van der Waals surface area contributed by atoms with E-state index < -0.39 is 11.6 Å². The highest BCUT2D eigenvalue weighted by Crippen LogP contribution is 2.34. The maximum Gasteiger partial charge on any atom is 0.170 e. The Labute approximate surface area is 162 Å². The molecule has 4 rings (SSSR count). The zero-order chi connectivity index (χ0) is 18.8. The van der Waals surface area contributed by atoms with Gasteiger partial charge in [0.1, 0.15) is 0 Å². The number of phenols is 1. The van der Waals surface area contributed by atoms with Gasteiger partial charge < -0.3 is 15.7 Å².